The molecular formula is C15H14N4O4S2. The van der Waals surface area contributed by atoms with E-state index in [0.717, 1.165) is 0 Å². The van der Waals surface area contributed by atoms with E-state index in [-0.39, 0.29) is 22.6 Å². The Morgan fingerprint density at radius 1 is 1.16 bits per heavy atom. The van der Waals surface area contributed by atoms with E-state index in [1.807, 2.05) is 11.4 Å². The fourth-order valence-corrected chi connectivity index (χ4v) is 3.45. The Hall–Kier alpha value is -2.72. The number of urea groups is 1. The summed E-state index contributed by atoms with van der Waals surface area (Å²) in [5, 5.41) is 15.2. The first-order valence-corrected chi connectivity index (χ1v) is 9.79. The van der Waals surface area contributed by atoms with Gasteiger partial charge in [-0.1, -0.05) is 12.0 Å². The zero-order valence-corrected chi connectivity index (χ0v) is 14.7. The number of amides is 2. The lowest BCUT2D eigenvalue weighted by molar-refractivity contribution is 0.261. The summed E-state index contributed by atoms with van der Waals surface area (Å²) >= 11 is 1.38. The van der Waals surface area contributed by atoms with Gasteiger partial charge in [-0.3, -0.25) is 10.6 Å². The van der Waals surface area contributed by atoms with Crippen molar-refractivity contribution in [3.05, 3.63) is 41.8 Å². The van der Waals surface area contributed by atoms with Crippen LogP contribution in [0.15, 0.2) is 51.1 Å². The molecule has 25 heavy (non-hydrogen) atoms. The number of anilines is 2. The van der Waals surface area contributed by atoms with Crippen LogP contribution in [0.4, 0.5) is 15.8 Å². The topological polar surface area (TPSA) is 114 Å². The summed E-state index contributed by atoms with van der Waals surface area (Å²) in [5.41, 5.74) is 0.550. The van der Waals surface area contributed by atoms with Crippen LogP contribution in [0.1, 0.15) is 6.92 Å². The van der Waals surface area contributed by atoms with Crippen molar-refractivity contribution in [3.63, 3.8) is 0 Å². The standard InChI is InChI=1S/C15H14N4O4S2/c1-2-25(21,22)11-7-5-10(6-8-11)13-18-19-15(23-13)17-14(20)16-12-4-3-9-24-12/h3-9H,2H2,1H3,(H2,16,17,19,20). The minimum Gasteiger partial charge on any atom is -0.403 e. The highest BCUT2D eigenvalue weighted by Crippen LogP contribution is 2.22. The van der Waals surface area contributed by atoms with Gasteiger partial charge in [0, 0.05) is 5.56 Å². The predicted octanol–water partition coefficient (Wildman–Crippen LogP) is 3.24. The zero-order chi connectivity index (χ0) is 17.9. The Balaban J connectivity index is 1.70. The number of carbonyl (C=O) groups is 1. The Labute approximate surface area is 147 Å². The van der Waals surface area contributed by atoms with Crippen molar-refractivity contribution in [2.45, 2.75) is 11.8 Å². The van der Waals surface area contributed by atoms with E-state index in [9.17, 15) is 13.2 Å². The fourth-order valence-electron chi connectivity index (χ4n) is 1.95. The molecule has 0 spiro atoms. The molecular weight excluding hydrogens is 364 g/mol. The molecule has 0 atom stereocenters. The first-order chi connectivity index (χ1) is 12.0. The van der Waals surface area contributed by atoms with Gasteiger partial charge in [-0.15, -0.1) is 16.4 Å². The second kappa shape index (κ2) is 7.03. The molecule has 0 saturated heterocycles. The molecule has 8 nitrogen and oxygen atoms in total. The number of rotatable bonds is 5. The number of aromatic nitrogens is 2. The van der Waals surface area contributed by atoms with E-state index in [1.54, 1.807) is 25.1 Å². The van der Waals surface area contributed by atoms with Crippen LogP contribution in [0, 0.1) is 0 Å². The fraction of sp³-hybridized carbons (Fsp3) is 0.133. The maximum atomic E-state index is 11.8. The maximum absolute atomic E-state index is 11.8. The summed E-state index contributed by atoms with van der Waals surface area (Å²) in [6.07, 6.45) is 0. The Kier molecular flexibility index (Phi) is 4.81. The second-order valence-electron chi connectivity index (χ2n) is 4.90. The van der Waals surface area contributed by atoms with Gasteiger partial charge in [0.1, 0.15) is 0 Å². The number of hydrogen-bond donors (Lipinski definition) is 2. The first kappa shape index (κ1) is 17.1. The SMILES string of the molecule is CCS(=O)(=O)c1ccc(-c2nnc(NC(=O)Nc3cccs3)o2)cc1. The van der Waals surface area contributed by atoms with Crippen LogP contribution >= 0.6 is 11.3 Å². The monoisotopic (exact) mass is 378 g/mol. The van der Waals surface area contributed by atoms with E-state index >= 15 is 0 Å². The lowest BCUT2D eigenvalue weighted by Gasteiger charge is -2.02. The number of carbonyl (C=O) groups excluding carboxylic acids is 1. The molecule has 0 radical (unpaired) electrons. The van der Waals surface area contributed by atoms with Gasteiger partial charge in [0.2, 0.25) is 5.89 Å². The van der Waals surface area contributed by atoms with Crippen LogP contribution < -0.4 is 10.6 Å². The molecule has 3 aromatic rings. The van der Waals surface area contributed by atoms with Crippen molar-refractivity contribution in [2.75, 3.05) is 16.4 Å². The molecule has 1 aromatic carbocycles. The molecule has 130 valence electrons. The van der Waals surface area contributed by atoms with Crippen molar-refractivity contribution in [1.29, 1.82) is 0 Å². The highest BCUT2D eigenvalue weighted by atomic mass is 32.2. The average molecular weight is 378 g/mol. The van der Waals surface area contributed by atoms with Crippen molar-refractivity contribution >= 4 is 38.2 Å². The van der Waals surface area contributed by atoms with Crippen LogP contribution in [-0.2, 0) is 9.84 Å². The molecule has 2 amide bonds. The second-order valence-corrected chi connectivity index (χ2v) is 8.12. The minimum absolute atomic E-state index is 0.0281. The molecule has 2 aromatic heterocycles. The van der Waals surface area contributed by atoms with Gasteiger partial charge in [-0.25, -0.2) is 13.2 Å². The van der Waals surface area contributed by atoms with Crippen molar-refractivity contribution in [2.24, 2.45) is 0 Å². The summed E-state index contributed by atoms with van der Waals surface area (Å²) in [5.74, 6) is 0.201. The zero-order valence-electron chi connectivity index (χ0n) is 13.1. The molecule has 0 aliphatic rings. The van der Waals surface area contributed by atoms with Crippen LogP contribution in [0.5, 0.6) is 0 Å². The molecule has 0 saturated carbocycles. The minimum atomic E-state index is -3.26. The van der Waals surface area contributed by atoms with Gasteiger partial charge in [0.15, 0.2) is 9.84 Å². The maximum Gasteiger partial charge on any atom is 0.327 e. The summed E-state index contributed by atoms with van der Waals surface area (Å²) < 4.78 is 29.0. The smallest absolute Gasteiger partial charge is 0.327 e. The number of nitrogens with zero attached hydrogens (tertiary/aromatic N) is 2. The molecule has 2 heterocycles. The van der Waals surface area contributed by atoms with E-state index in [2.05, 4.69) is 20.8 Å². The summed E-state index contributed by atoms with van der Waals surface area (Å²) in [7, 11) is -3.26. The highest BCUT2D eigenvalue weighted by molar-refractivity contribution is 7.91. The molecule has 0 unspecified atom stereocenters. The predicted molar refractivity (Wildman–Crippen MR) is 94.4 cm³/mol. The molecule has 0 bridgehead atoms. The van der Waals surface area contributed by atoms with E-state index in [1.165, 1.54) is 23.5 Å². The van der Waals surface area contributed by atoms with Crippen molar-refractivity contribution < 1.29 is 17.6 Å². The van der Waals surface area contributed by atoms with E-state index in [0.29, 0.717) is 10.6 Å². The van der Waals surface area contributed by atoms with Gasteiger partial charge in [0.05, 0.1) is 15.6 Å². The number of thiophene rings is 1. The molecule has 0 aliphatic heterocycles. The number of nitrogens with one attached hydrogen (secondary N) is 2. The number of hydrogen-bond acceptors (Lipinski definition) is 7. The van der Waals surface area contributed by atoms with Crippen LogP contribution in [0.3, 0.4) is 0 Å². The van der Waals surface area contributed by atoms with E-state index in [4.69, 9.17) is 4.42 Å². The third kappa shape index (κ3) is 4.03. The molecule has 0 fully saturated rings. The Bertz CT molecular complexity index is 963. The quantitative estimate of drug-likeness (QED) is 0.704. The third-order valence-corrected chi connectivity index (χ3v) is 5.78. The molecule has 0 aliphatic carbocycles. The van der Waals surface area contributed by atoms with Gasteiger partial charge in [0.25, 0.3) is 0 Å². The highest BCUT2D eigenvalue weighted by Gasteiger charge is 2.14. The average Bonchev–Trinajstić information content (AvgIpc) is 3.27. The van der Waals surface area contributed by atoms with Crippen LogP contribution in [-0.4, -0.2) is 30.4 Å². The lowest BCUT2D eigenvalue weighted by Crippen LogP contribution is -2.18. The number of sulfone groups is 1. The summed E-state index contributed by atoms with van der Waals surface area (Å²) in [6.45, 7) is 1.58. The Morgan fingerprint density at radius 2 is 1.92 bits per heavy atom. The first-order valence-electron chi connectivity index (χ1n) is 7.26. The van der Waals surface area contributed by atoms with Gasteiger partial charge in [-0.2, -0.15) is 0 Å². The molecule has 10 heteroatoms. The third-order valence-electron chi connectivity index (χ3n) is 3.24. The van der Waals surface area contributed by atoms with Gasteiger partial charge >= 0.3 is 12.0 Å². The number of benzene rings is 1. The van der Waals surface area contributed by atoms with Gasteiger partial charge in [-0.05, 0) is 41.8 Å². The van der Waals surface area contributed by atoms with Crippen molar-refractivity contribution in [3.8, 4) is 11.5 Å². The normalized spacial score (nSPS) is 11.2. The Morgan fingerprint density at radius 3 is 2.56 bits per heavy atom. The van der Waals surface area contributed by atoms with Crippen LogP contribution in [0.2, 0.25) is 0 Å². The largest absolute Gasteiger partial charge is 0.403 e. The van der Waals surface area contributed by atoms with Crippen LogP contribution in [0.25, 0.3) is 11.5 Å². The lowest BCUT2D eigenvalue weighted by atomic mass is 10.2. The van der Waals surface area contributed by atoms with Gasteiger partial charge < -0.3 is 4.42 Å². The van der Waals surface area contributed by atoms with Crippen molar-refractivity contribution in [1.82, 2.24) is 10.2 Å². The molecule has 2 N–H and O–H groups in total. The summed E-state index contributed by atoms with van der Waals surface area (Å²) in [6, 6.07) is 9.13. The summed E-state index contributed by atoms with van der Waals surface area (Å²) in [4.78, 5) is 12.0. The molecule has 3 rings (SSSR count). The van der Waals surface area contributed by atoms with E-state index < -0.39 is 15.9 Å².